The van der Waals surface area contributed by atoms with Gasteiger partial charge < -0.3 is 14.4 Å². The minimum Gasteiger partial charge on any atom is -0.352 e. The molecule has 0 aliphatic carbocycles. The van der Waals surface area contributed by atoms with Crippen LogP contribution >= 0.6 is 0 Å². The molecule has 0 aliphatic rings. The molecule has 4 rings (SSSR count). The van der Waals surface area contributed by atoms with E-state index in [0.717, 1.165) is 12.8 Å². The van der Waals surface area contributed by atoms with Gasteiger partial charge in [-0.2, -0.15) is 4.98 Å². The molecule has 1 unspecified atom stereocenters. The molecule has 1 amide bonds. The number of rotatable bonds is 8. The largest absolute Gasteiger partial charge is 0.352 e. The maximum Gasteiger partial charge on any atom is 0.263 e. The zero-order valence-electron chi connectivity index (χ0n) is 17.5. The van der Waals surface area contributed by atoms with E-state index in [2.05, 4.69) is 37.6 Å². The van der Waals surface area contributed by atoms with Crippen molar-refractivity contribution in [1.82, 2.24) is 30.0 Å². The van der Waals surface area contributed by atoms with E-state index in [4.69, 9.17) is 4.52 Å². The van der Waals surface area contributed by atoms with Crippen LogP contribution in [0.1, 0.15) is 18.9 Å². The number of aromatic nitrogens is 5. The first-order valence-corrected chi connectivity index (χ1v) is 10.2. The summed E-state index contributed by atoms with van der Waals surface area (Å²) in [6.45, 7) is 1.85. The number of carbonyl (C=O) groups is 1. The number of hydrogen-bond acceptors (Lipinski definition) is 7. The number of hydrogen-bond donors (Lipinski definition) is 1. The minimum atomic E-state index is -0.395. The van der Waals surface area contributed by atoms with Crippen molar-refractivity contribution in [3.05, 3.63) is 83.2 Å². The summed E-state index contributed by atoms with van der Waals surface area (Å²) in [5.41, 5.74) is 1.47. The van der Waals surface area contributed by atoms with Gasteiger partial charge in [-0.15, -0.1) is 0 Å². The average Bonchev–Trinajstić information content (AvgIpc) is 3.30. The van der Waals surface area contributed by atoms with Crippen molar-refractivity contribution >= 4 is 5.91 Å². The lowest BCUT2D eigenvalue weighted by molar-refractivity contribution is -0.122. The third kappa shape index (κ3) is 5.12. The molecule has 0 saturated carbocycles. The van der Waals surface area contributed by atoms with Gasteiger partial charge in [-0.1, -0.05) is 35.5 Å². The fourth-order valence-corrected chi connectivity index (χ4v) is 3.25. The number of amides is 1. The molecule has 9 nitrogen and oxygen atoms in total. The predicted molar refractivity (Wildman–Crippen MR) is 117 cm³/mol. The Balaban J connectivity index is 1.41. The van der Waals surface area contributed by atoms with Gasteiger partial charge in [-0.05, 0) is 37.5 Å². The number of nitrogens with zero attached hydrogens (tertiary/aromatic N) is 5. The molecule has 0 fully saturated rings. The Kier molecular flexibility index (Phi) is 6.45. The van der Waals surface area contributed by atoms with E-state index >= 15 is 0 Å². The molecule has 1 atom stereocenters. The van der Waals surface area contributed by atoms with Crippen LogP contribution in [0, 0.1) is 0 Å². The summed E-state index contributed by atoms with van der Waals surface area (Å²) in [4.78, 5) is 37.7. The summed E-state index contributed by atoms with van der Waals surface area (Å²) in [5, 5.41) is 6.81. The van der Waals surface area contributed by atoms with Gasteiger partial charge in [0, 0.05) is 24.6 Å². The van der Waals surface area contributed by atoms with Crippen LogP contribution in [-0.4, -0.2) is 36.6 Å². The van der Waals surface area contributed by atoms with Crippen LogP contribution in [-0.2, 0) is 17.8 Å². The number of benzene rings is 1. The molecule has 0 bridgehead atoms. The van der Waals surface area contributed by atoms with Gasteiger partial charge in [-0.3, -0.25) is 14.6 Å². The number of aryl methyl sites for hydroxylation is 1. The van der Waals surface area contributed by atoms with Gasteiger partial charge in [0.15, 0.2) is 0 Å². The SMILES string of the molecule is CC(CCc1ccccc1)NC(=O)Cn1cccc(-c2nc(-c3cnccn3)no2)c1=O. The van der Waals surface area contributed by atoms with E-state index in [1.165, 1.54) is 28.7 Å². The minimum absolute atomic E-state index is 0.0212. The second-order valence-electron chi connectivity index (χ2n) is 7.36. The topological polar surface area (TPSA) is 116 Å². The number of nitrogens with one attached hydrogen (secondary N) is 1. The highest BCUT2D eigenvalue weighted by molar-refractivity contribution is 5.76. The monoisotopic (exact) mass is 430 g/mol. The van der Waals surface area contributed by atoms with Crippen LogP contribution in [0.25, 0.3) is 23.0 Å². The molecule has 1 aromatic carbocycles. The van der Waals surface area contributed by atoms with Crippen LogP contribution < -0.4 is 10.9 Å². The molecule has 0 aliphatic heterocycles. The van der Waals surface area contributed by atoms with Gasteiger partial charge in [0.05, 0.1) is 6.20 Å². The molecule has 9 heteroatoms. The Bertz CT molecular complexity index is 1240. The lowest BCUT2D eigenvalue weighted by atomic mass is 10.1. The van der Waals surface area contributed by atoms with Crippen LogP contribution in [0.15, 0.2) is 76.6 Å². The number of carbonyl (C=O) groups excluding carboxylic acids is 1. The van der Waals surface area contributed by atoms with Gasteiger partial charge >= 0.3 is 0 Å². The van der Waals surface area contributed by atoms with E-state index in [9.17, 15) is 9.59 Å². The zero-order valence-corrected chi connectivity index (χ0v) is 17.5. The first-order valence-electron chi connectivity index (χ1n) is 10.2. The third-order valence-electron chi connectivity index (χ3n) is 4.90. The fraction of sp³-hybridized carbons (Fsp3) is 0.217. The smallest absolute Gasteiger partial charge is 0.263 e. The molecule has 32 heavy (non-hydrogen) atoms. The Morgan fingerprint density at radius 3 is 2.78 bits per heavy atom. The van der Waals surface area contributed by atoms with Gasteiger partial charge in [-0.25, -0.2) is 4.98 Å². The molecule has 0 radical (unpaired) electrons. The Morgan fingerprint density at radius 2 is 2.00 bits per heavy atom. The van der Waals surface area contributed by atoms with Crippen molar-refractivity contribution in [3.63, 3.8) is 0 Å². The summed E-state index contributed by atoms with van der Waals surface area (Å²) in [6, 6.07) is 13.3. The van der Waals surface area contributed by atoms with Crippen molar-refractivity contribution in [3.8, 4) is 23.0 Å². The molecule has 0 spiro atoms. The molecular weight excluding hydrogens is 408 g/mol. The molecule has 4 aromatic rings. The van der Waals surface area contributed by atoms with Crippen molar-refractivity contribution < 1.29 is 9.32 Å². The van der Waals surface area contributed by atoms with Crippen LogP contribution in [0.5, 0.6) is 0 Å². The third-order valence-corrected chi connectivity index (χ3v) is 4.90. The highest BCUT2D eigenvalue weighted by Crippen LogP contribution is 2.17. The van der Waals surface area contributed by atoms with Gasteiger partial charge in [0.25, 0.3) is 11.4 Å². The first-order chi connectivity index (χ1) is 15.6. The highest BCUT2D eigenvalue weighted by atomic mass is 16.5. The summed E-state index contributed by atoms with van der Waals surface area (Å²) in [7, 11) is 0. The van der Waals surface area contributed by atoms with Crippen LogP contribution in [0.2, 0.25) is 0 Å². The average molecular weight is 430 g/mol. The fourth-order valence-electron chi connectivity index (χ4n) is 3.25. The summed E-state index contributed by atoms with van der Waals surface area (Å²) < 4.78 is 6.56. The quantitative estimate of drug-likeness (QED) is 0.456. The van der Waals surface area contributed by atoms with Crippen molar-refractivity contribution in [2.75, 3.05) is 0 Å². The maximum absolute atomic E-state index is 12.9. The zero-order chi connectivity index (χ0) is 22.3. The van der Waals surface area contributed by atoms with Crippen molar-refractivity contribution in [1.29, 1.82) is 0 Å². The first kappa shape index (κ1) is 21.1. The Morgan fingerprint density at radius 1 is 1.16 bits per heavy atom. The molecular formula is C23H22N6O3. The van der Waals surface area contributed by atoms with Crippen LogP contribution in [0.4, 0.5) is 0 Å². The summed E-state index contributed by atoms with van der Waals surface area (Å²) in [6.07, 6.45) is 7.77. The second-order valence-corrected chi connectivity index (χ2v) is 7.36. The van der Waals surface area contributed by atoms with Gasteiger partial charge in [0.2, 0.25) is 11.7 Å². The van der Waals surface area contributed by atoms with E-state index < -0.39 is 5.56 Å². The highest BCUT2D eigenvalue weighted by Gasteiger charge is 2.17. The lowest BCUT2D eigenvalue weighted by Crippen LogP contribution is -2.37. The van der Waals surface area contributed by atoms with Gasteiger partial charge in [0.1, 0.15) is 17.8 Å². The Labute approximate surface area is 184 Å². The van der Waals surface area contributed by atoms with Crippen molar-refractivity contribution in [2.45, 2.75) is 32.4 Å². The lowest BCUT2D eigenvalue weighted by Gasteiger charge is -2.14. The molecule has 3 aromatic heterocycles. The molecule has 162 valence electrons. The number of pyridine rings is 1. The molecule has 3 heterocycles. The van der Waals surface area contributed by atoms with E-state index in [1.807, 2.05) is 25.1 Å². The maximum atomic E-state index is 12.9. The summed E-state index contributed by atoms with van der Waals surface area (Å²) in [5.74, 6) is 0.0464. The van der Waals surface area contributed by atoms with E-state index in [0.29, 0.717) is 5.69 Å². The standard InChI is InChI=1S/C23H22N6O3/c1-16(9-10-17-6-3-2-4-7-17)26-20(30)15-29-13-5-8-18(23(29)31)22-27-21(28-32-22)19-14-24-11-12-25-19/h2-8,11-14,16H,9-10,15H2,1H3,(H,26,30). The predicted octanol–water partition coefficient (Wildman–Crippen LogP) is 2.49. The van der Waals surface area contributed by atoms with E-state index in [1.54, 1.807) is 18.3 Å². The molecule has 1 N–H and O–H groups in total. The molecule has 0 saturated heterocycles. The van der Waals surface area contributed by atoms with Crippen LogP contribution in [0.3, 0.4) is 0 Å². The van der Waals surface area contributed by atoms with E-state index in [-0.39, 0.29) is 35.8 Å². The Hall–Kier alpha value is -4.14. The normalized spacial score (nSPS) is 11.8. The van der Waals surface area contributed by atoms with Crippen molar-refractivity contribution in [2.24, 2.45) is 0 Å². The summed E-state index contributed by atoms with van der Waals surface area (Å²) >= 11 is 0. The second kappa shape index (κ2) is 9.78.